The SMILES string of the molecule is CCOc1ccc(-c2nc(CC(=O)Nc3ccnn3Cc3ccccc3)cs2)cc1. The lowest BCUT2D eigenvalue weighted by molar-refractivity contribution is -0.115. The number of hydrogen-bond acceptors (Lipinski definition) is 5. The average Bonchev–Trinajstić information content (AvgIpc) is 3.39. The summed E-state index contributed by atoms with van der Waals surface area (Å²) in [6.45, 7) is 3.20. The fourth-order valence-electron chi connectivity index (χ4n) is 3.05. The molecular weight excluding hydrogens is 396 g/mol. The maximum Gasteiger partial charge on any atom is 0.231 e. The topological polar surface area (TPSA) is 69.0 Å². The first-order chi connectivity index (χ1) is 14.7. The van der Waals surface area contributed by atoms with Gasteiger partial charge in [-0.15, -0.1) is 11.3 Å². The molecule has 1 amide bonds. The van der Waals surface area contributed by atoms with Crippen LogP contribution in [0, 0.1) is 0 Å². The lowest BCUT2D eigenvalue weighted by Gasteiger charge is -2.08. The molecule has 7 heteroatoms. The van der Waals surface area contributed by atoms with Crippen LogP contribution in [0.3, 0.4) is 0 Å². The fraction of sp³-hybridized carbons (Fsp3) is 0.174. The standard InChI is InChI=1S/C23H22N4O2S/c1-2-29-20-10-8-18(9-11-20)23-25-19(16-30-23)14-22(28)26-21-12-13-24-27(21)15-17-6-4-3-5-7-17/h3-13,16H,2,14-15H2,1H3,(H,26,28). The highest BCUT2D eigenvalue weighted by Gasteiger charge is 2.12. The molecule has 2 aromatic heterocycles. The summed E-state index contributed by atoms with van der Waals surface area (Å²) >= 11 is 1.53. The van der Waals surface area contributed by atoms with E-state index < -0.39 is 0 Å². The van der Waals surface area contributed by atoms with Gasteiger partial charge in [0.25, 0.3) is 0 Å². The molecule has 0 fully saturated rings. The lowest BCUT2D eigenvalue weighted by Crippen LogP contribution is -2.18. The number of carbonyl (C=O) groups excluding carboxylic acids is 1. The predicted octanol–water partition coefficient (Wildman–Crippen LogP) is 4.63. The molecule has 2 heterocycles. The summed E-state index contributed by atoms with van der Waals surface area (Å²) in [5.41, 5.74) is 2.88. The van der Waals surface area contributed by atoms with Gasteiger partial charge in [-0.1, -0.05) is 30.3 Å². The summed E-state index contributed by atoms with van der Waals surface area (Å²) in [6.07, 6.45) is 1.90. The Morgan fingerprint density at radius 1 is 1.10 bits per heavy atom. The van der Waals surface area contributed by atoms with Crippen LogP contribution in [0.2, 0.25) is 0 Å². The molecule has 0 spiro atoms. The van der Waals surface area contributed by atoms with Gasteiger partial charge in [-0.05, 0) is 36.8 Å². The molecule has 0 saturated carbocycles. The van der Waals surface area contributed by atoms with Crippen molar-refractivity contribution in [3.63, 3.8) is 0 Å². The van der Waals surface area contributed by atoms with E-state index in [2.05, 4.69) is 15.4 Å². The van der Waals surface area contributed by atoms with Crippen molar-refractivity contribution in [3.05, 3.63) is 83.5 Å². The number of hydrogen-bond donors (Lipinski definition) is 1. The Hall–Kier alpha value is -3.45. The normalized spacial score (nSPS) is 10.7. The second-order valence-electron chi connectivity index (χ2n) is 6.69. The minimum Gasteiger partial charge on any atom is -0.494 e. The van der Waals surface area contributed by atoms with E-state index in [4.69, 9.17) is 4.74 Å². The molecule has 0 aliphatic rings. The number of anilines is 1. The smallest absolute Gasteiger partial charge is 0.231 e. The second kappa shape index (κ2) is 9.37. The van der Waals surface area contributed by atoms with E-state index >= 15 is 0 Å². The predicted molar refractivity (Wildman–Crippen MR) is 119 cm³/mol. The van der Waals surface area contributed by atoms with E-state index in [9.17, 15) is 4.79 Å². The Morgan fingerprint density at radius 2 is 1.90 bits per heavy atom. The summed E-state index contributed by atoms with van der Waals surface area (Å²) in [4.78, 5) is 17.2. The summed E-state index contributed by atoms with van der Waals surface area (Å²) in [6, 6.07) is 19.6. The van der Waals surface area contributed by atoms with Crippen molar-refractivity contribution in [2.24, 2.45) is 0 Å². The van der Waals surface area contributed by atoms with E-state index in [1.807, 2.05) is 66.9 Å². The molecule has 6 nitrogen and oxygen atoms in total. The van der Waals surface area contributed by atoms with Gasteiger partial charge in [-0.3, -0.25) is 4.79 Å². The molecule has 4 rings (SSSR count). The van der Waals surface area contributed by atoms with Crippen LogP contribution in [-0.4, -0.2) is 27.3 Å². The fourth-order valence-corrected chi connectivity index (χ4v) is 3.88. The van der Waals surface area contributed by atoms with Crippen LogP contribution in [0.4, 0.5) is 5.82 Å². The van der Waals surface area contributed by atoms with Crippen molar-refractivity contribution < 1.29 is 9.53 Å². The Balaban J connectivity index is 1.38. The number of thiazole rings is 1. The minimum absolute atomic E-state index is 0.117. The molecule has 1 N–H and O–H groups in total. The first-order valence-corrected chi connectivity index (χ1v) is 10.6. The number of rotatable bonds is 8. The van der Waals surface area contributed by atoms with Crippen molar-refractivity contribution in [2.75, 3.05) is 11.9 Å². The van der Waals surface area contributed by atoms with Gasteiger partial charge >= 0.3 is 0 Å². The van der Waals surface area contributed by atoms with Gasteiger partial charge in [0.1, 0.15) is 16.6 Å². The number of nitrogens with one attached hydrogen (secondary N) is 1. The zero-order valence-corrected chi connectivity index (χ0v) is 17.4. The van der Waals surface area contributed by atoms with E-state index in [-0.39, 0.29) is 12.3 Å². The zero-order valence-electron chi connectivity index (χ0n) is 16.6. The highest BCUT2D eigenvalue weighted by molar-refractivity contribution is 7.13. The van der Waals surface area contributed by atoms with E-state index in [0.717, 1.165) is 27.6 Å². The molecular formula is C23H22N4O2S. The molecule has 0 aliphatic heterocycles. The largest absolute Gasteiger partial charge is 0.494 e. The third kappa shape index (κ3) is 4.93. The number of benzene rings is 2. The molecule has 4 aromatic rings. The third-order valence-electron chi connectivity index (χ3n) is 4.46. The number of ether oxygens (including phenoxy) is 1. The molecule has 152 valence electrons. The van der Waals surface area contributed by atoms with Crippen LogP contribution >= 0.6 is 11.3 Å². The lowest BCUT2D eigenvalue weighted by atomic mass is 10.2. The number of amides is 1. The maximum absolute atomic E-state index is 12.5. The van der Waals surface area contributed by atoms with E-state index in [1.165, 1.54) is 11.3 Å². The highest BCUT2D eigenvalue weighted by Crippen LogP contribution is 2.26. The van der Waals surface area contributed by atoms with Gasteiger partial charge in [0.15, 0.2) is 0 Å². The number of aromatic nitrogens is 3. The molecule has 0 bridgehead atoms. The molecule has 0 saturated heterocycles. The average molecular weight is 419 g/mol. The van der Waals surface area contributed by atoms with Gasteiger partial charge < -0.3 is 10.1 Å². The van der Waals surface area contributed by atoms with Gasteiger partial charge in [0, 0.05) is 17.0 Å². The van der Waals surface area contributed by atoms with E-state index in [1.54, 1.807) is 16.9 Å². The second-order valence-corrected chi connectivity index (χ2v) is 7.54. The van der Waals surface area contributed by atoms with Gasteiger partial charge in [-0.25, -0.2) is 9.67 Å². The quantitative estimate of drug-likeness (QED) is 0.453. The molecule has 0 aliphatic carbocycles. The Kier molecular flexibility index (Phi) is 6.20. The molecule has 0 radical (unpaired) electrons. The van der Waals surface area contributed by atoms with Crippen molar-refractivity contribution in [3.8, 4) is 16.3 Å². The minimum atomic E-state index is -0.117. The number of carbonyl (C=O) groups is 1. The number of nitrogens with zero attached hydrogens (tertiary/aromatic N) is 3. The highest BCUT2D eigenvalue weighted by atomic mass is 32.1. The Labute approximate surface area is 179 Å². The molecule has 0 atom stereocenters. The monoisotopic (exact) mass is 418 g/mol. The van der Waals surface area contributed by atoms with Crippen LogP contribution in [0.5, 0.6) is 5.75 Å². The summed E-state index contributed by atoms with van der Waals surface area (Å²) in [5.74, 6) is 1.39. The van der Waals surface area contributed by atoms with Crippen molar-refractivity contribution in [2.45, 2.75) is 19.9 Å². The third-order valence-corrected chi connectivity index (χ3v) is 5.41. The maximum atomic E-state index is 12.5. The van der Waals surface area contributed by atoms with Crippen molar-refractivity contribution in [1.82, 2.24) is 14.8 Å². The van der Waals surface area contributed by atoms with Crippen LogP contribution in [0.25, 0.3) is 10.6 Å². The molecule has 0 unspecified atom stereocenters. The van der Waals surface area contributed by atoms with Crippen LogP contribution in [0.15, 0.2) is 72.2 Å². The van der Waals surface area contributed by atoms with Crippen LogP contribution < -0.4 is 10.1 Å². The summed E-state index contributed by atoms with van der Waals surface area (Å²) < 4.78 is 7.25. The van der Waals surface area contributed by atoms with Gasteiger partial charge in [0.2, 0.25) is 5.91 Å². The first kappa shape index (κ1) is 19.8. The summed E-state index contributed by atoms with van der Waals surface area (Å²) in [7, 11) is 0. The van der Waals surface area contributed by atoms with Crippen molar-refractivity contribution >= 4 is 23.1 Å². The molecule has 30 heavy (non-hydrogen) atoms. The first-order valence-electron chi connectivity index (χ1n) is 9.74. The summed E-state index contributed by atoms with van der Waals surface area (Å²) in [5, 5.41) is 10.1. The van der Waals surface area contributed by atoms with Crippen LogP contribution in [0.1, 0.15) is 18.2 Å². The van der Waals surface area contributed by atoms with Gasteiger partial charge in [-0.2, -0.15) is 5.10 Å². The Bertz CT molecular complexity index is 1100. The van der Waals surface area contributed by atoms with E-state index in [0.29, 0.717) is 19.0 Å². The Morgan fingerprint density at radius 3 is 2.67 bits per heavy atom. The van der Waals surface area contributed by atoms with Crippen molar-refractivity contribution in [1.29, 1.82) is 0 Å². The van der Waals surface area contributed by atoms with Crippen LogP contribution in [-0.2, 0) is 17.8 Å². The zero-order chi connectivity index (χ0) is 20.8. The van der Waals surface area contributed by atoms with Gasteiger partial charge in [0.05, 0.1) is 31.5 Å². The molecule has 2 aromatic carbocycles.